The van der Waals surface area contributed by atoms with Gasteiger partial charge in [0.1, 0.15) is 6.04 Å². The first-order valence-corrected chi connectivity index (χ1v) is 10.2. The van der Waals surface area contributed by atoms with E-state index in [0.29, 0.717) is 6.42 Å². The monoisotopic (exact) mass is 374 g/mol. The average Bonchev–Trinajstić information content (AvgIpc) is 3.24. The number of unbranched alkanes of at least 4 members (excludes halogenated alkanes) is 1. The van der Waals surface area contributed by atoms with Gasteiger partial charge in [0.25, 0.3) is 0 Å². The van der Waals surface area contributed by atoms with E-state index in [1.165, 1.54) is 22.1 Å². The number of carbonyl (C=O) groups excluding carboxylic acids is 1. The van der Waals surface area contributed by atoms with Crippen molar-refractivity contribution < 1.29 is 9.45 Å². The Labute approximate surface area is 167 Å². The summed E-state index contributed by atoms with van der Waals surface area (Å²) in [6.07, 6.45) is 5.73. The van der Waals surface area contributed by atoms with Gasteiger partial charge in [0.15, 0.2) is 0 Å². The first-order chi connectivity index (χ1) is 13.7. The topological polar surface area (TPSA) is 45.3 Å². The van der Waals surface area contributed by atoms with E-state index < -0.39 is 0 Å². The fourth-order valence-electron chi connectivity index (χ4n) is 4.05. The molecule has 1 aliphatic rings. The normalized spacial score (nSPS) is 17.4. The fraction of sp³-hybridized carbons (Fsp3) is 0.348. The molecule has 2 aromatic carbocycles. The van der Waals surface area contributed by atoms with Crippen molar-refractivity contribution in [1.29, 1.82) is 0 Å². The molecule has 1 saturated heterocycles. The Hall–Kier alpha value is -2.53. The van der Waals surface area contributed by atoms with Crippen LogP contribution in [0.15, 0.2) is 54.7 Å². The molecule has 5 heteroatoms. The summed E-state index contributed by atoms with van der Waals surface area (Å²) in [5, 5.41) is 1.18. The molecule has 1 aromatic heterocycles. The number of hydrogen-bond acceptors (Lipinski definition) is 3. The maximum Gasteiger partial charge on any atom is 0.452 e. The largest absolute Gasteiger partial charge is 0.519 e. The minimum atomic E-state index is -0.248. The maximum absolute atomic E-state index is 12.8. The summed E-state index contributed by atoms with van der Waals surface area (Å²) in [7, 11) is -0.135. The maximum atomic E-state index is 12.8. The van der Waals surface area contributed by atoms with E-state index in [4.69, 9.17) is 4.65 Å². The van der Waals surface area contributed by atoms with Crippen molar-refractivity contribution in [2.75, 3.05) is 0 Å². The number of aryl methyl sites for hydroxylation is 1. The molecular weight excluding hydrogens is 347 g/mol. The summed E-state index contributed by atoms with van der Waals surface area (Å²) in [6, 6.07) is 16.6. The van der Waals surface area contributed by atoms with Crippen molar-refractivity contribution in [2.45, 2.75) is 52.0 Å². The van der Waals surface area contributed by atoms with Crippen LogP contribution in [-0.4, -0.2) is 28.9 Å². The standard InChI is InChI=1S/C23H27BN2O2/c1-3-4-13-24-26(16-18-11-9-17(2)10-12-18)22(23(27)28-24)14-19-15-25-21-8-6-5-7-20(19)21/h5-12,15,22,25H,3-4,13-14,16H2,1-2H3/t22-/m0/s1. The lowest BCUT2D eigenvalue weighted by molar-refractivity contribution is -0.134. The summed E-state index contributed by atoms with van der Waals surface area (Å²) >= 11 is 0. The molecule has 0 saturated carbocycles. The minimum absolute atomic E-state index is 0.0986. The molecule has 4 rings (SSSR count). The Morgan fingerprint density at radius 1 is 1.14 bits per heavy atom. The highest BCUT2D eigenvalue weighted by molar-refractivity contribution is 6.53. The van der Waals surface area contributed by atoms with Gasteiger partial charge < -0.3 is 9.64 Å². The van der Waals surface area contributed by atoms with Gasteiger partial charge in [-0.2, -0.15) is 0 Å². The van der Waals surface area contributed by atoms with Crippen LogP contribution in [0.4, 0.5) is 0 Å². The van der Waals surface area contributed by atoms with Crippen molar-refractivity contribution >= 4 is 23.9 Å². The zero-order valence-electron chi connectivity index (χ0n) is 16.7. The molecule has 0 radical (unpaired) electrons. The van der Waals surface area contributed by atoms with E-state index in [9.17, 15) is 4.79 Å². The summed E-state index contributed by atoms with van der Waals surface area (Å²) < 4.78 is 5.82. The van der Waals surface area contributed by atoms with Gasteiger partial charge in [0, 0.05) is 23.6 Å². The quantitative estimate of drug-likeness (QED) is 0.608. The van der Waals surface area contributed by atoms with Crippen molar-refractivity contribution in [3.63, 3.8) is 0 Å². The highest BCUT2D eigenvalue weighted by Gasteiger charge is 2.45. The van der Waals surface area contributed by atoms with Crippen LogP contribution >= 0.6 is 0 Å². The Morgan fingerprint density at radius 3 is 2.71 bits per heavy atom. The van der Waals surface area contributed by atoms with Gasteiger partial charge in [0.2, 0.25) is 0 Å². The van der Waals surface area contributed by atoms with E-state index >= 15 is 0 Å². The number of para-hydroxylation sites is 1. The van der Waals surface area contributed by atoms with Crippen molar-refractivity contribution in [1.82, 2.24) is 9.79 Å². The van der Waals surface area contributed by atoms with Gasteiger partial charge in [-0.05, 0) is 36.9 Å². The van der Waals surface area contributed by atoms with Gasteiger partial charge in [-0.15, -0.1) is 0 Å². The lowest BCUT2D eigenvalue weighted by atomic mass is 9.74. The van der Waals surface area contributed by atoms with Crippen LogP contribution in [0.3, 0.4) is 0 Å². The molecule has 4 nitrogen and oxygen atoms in total. The number of nitrogens with one attached hydrogen (secondary N) is 1. The van der Waals surface area contributed by atoms with Crippen LogP contribution in [0.25, 0.3) is 10.9 Å². The Morgan fingerprint density at radius 2 is 1.93 bits per heavy atom. The number of aromatic amines is 1. The predicted molar refractivity (Wildman–Crippen MR) is 114 cm³/mol. The van der Waals surface area contributed by atoms with Crippen LogP contribution in [0, 0.1) is 6.92 Å². The Kier molecular flexibility index (Phi) is 5.53. The molecule has 28 heavy (non-hydrogen) atoms. The van der Waals surface area contributed by atoms with E-state index in [0.717, 1.165) is 31.2 Å². The predicted octanol–water partition coefficient (Wildman–Crippen LogP) is 4.73. The molecule has 0 amide bonds. The smallest absolute Gasteiger partial charge is 0.452 e. The van der Waals surface area contributed by atoms with Gasteiger partial charge >= 0.3 is 13.0 Å². The number of aromatic nitrogens is 1. The van der Waals surface area contributed by atoms with Gasteiger partial charge in [-0.25, -0.2) is 0 Å². The highest BCUT2D eigenvalue weighted by Crippen LogP contribution is 2.28. The second kappa shape index (κ2) is 8.23. The average molecular weight is 374 g/mol. The van der Waals surface area contributed by atoms with Crippen molar-refractivity contribution in [3.8, 4) is 0 Å². The highest BCUT2D eigenvalue weighted by atomic mass is 16.5. The molecule has 1 atom stereocenters. The fourth-order valence-corrected chi connectivity index (χ4v) is 4.05. The number of nitrogens with zero attached hydrogens (tertiary/aromatic N) is 1. The molecule has 0 spiro atoms. The van der Waals surface area contributed by atoms with Gasteiger partial charge in [-0.1, -0.05) is 67.8 Å². The molecule has 144 valence electrons. The van der Waals surface area contributed by atoms with Crippen molar-refractivity contribution in [2.24, 2.45) is 0 Å². The minimum Gasteiger partial charge on any atom is -0.519 e. The van der Waals surface area contributed by atoms with Crippen LogP contribution < -0.4 is 0 Å². The first-order valence-electron chi connectivity index (χ1n) is 10.2. The van der Waals surface area contributed by atoms with Crippen molar-refractivity contribution in [3.05, 3.63) is 71.4 Å². The molecule has 0 bridgehead atoms. The number of benzene rings is 2. The second-order valence-electron chi connectivity index (χ2n) is 7.77. The molecule has 1 N–H and O–H groups in total. The summed E-state index contributed by atoms with van der Waals surface area (Å²) in [4.78, 5) is 18.4. The van der Waals surface area contributed by atoms with Crippen LogP contribution in [0.5, 0.6) is 0 Å². The number of fused-ring (bicyclic) bond motifs is 1. The van der Waals surface area contributed by atoms with Gasteiger partial charge in [-0.3, -0.25) is 9.61 Å². The Balaban J connectivity index is 1.60. The molecule has 1 aliphatic heterocycles. The van der Waals surface area contributed by atoms with Gasteiger partial charge in [0.05, 0.1) is 0 Å². The third kappa shape index (κ3) is 3.85. The Bertz CT molecular complexity index is 951. The van der Waals surface area contributed by atoms with E-state index in [2.05, 4.69) is 60.0 Å². The number of hydrogen-bond donors (Lipinski definition) is 1. The first kappa shape index (κ1) is 18.8. The lowest BCUT2D eigenvalue weighted by Crippen LogP contribution is -2.41. The van der Waals surface area contributed by atoms with E-state index in [-0.39, 0.29) is 19.1 Å². The van der Waals surface area contributed by atoms with Crippen LogP contribution in [0.1, 0.15) is 36.5 Å². The number of H-pyrrole nitrogens is 1. The summed E-state index contributed by atoms with van der Waals surface area (Å²) in [6.45, 7) is 4.99. The third-order valence-electron chi connectivity index (χ3n) is 5.67. The van der Waals surface area contributed by atoms with Crippen LogP contribution in [0.2, 0.25) is 6.32 Å². The summed E-state index contributed by atoms with van der Waals surface area (Å²) in [5.41, 5.74) is 4.74. The molecular formula is C23H27BN2O2. The number of rotatable bonds is 7. The van der Waals surface area contributed by atoms with Crippen LogP contribution in [-0.2, 0) is 22.4 Å². The van der Waals surface area contributed by atoms with E-state index in [1.807, 2.05) is 18.3 Å². The summed E-state index contributed by atoms with van der Waals surface area (Å²) in [5.74, 6) is -0.0986. The third-order valence-corrected chi connectivity index (χ3v) is 5.67. The molecule has 2 heterocycles. The molecule has 0 aliphatic carbocycles. The number of carbonyl (C=O) groups is 1. The lowest BCUT2D eigenvalue weighted by Gasteiger charge is -2.24. The SMILES string of the molecule is CCCCB1OC(=O)[C@H](Cc2c[nH]c3ccccc23)N1Cc1ccc(C)cc1. The molecule has 0 unspecified atom stereocenters. The van der Waals surface area contributed by atoms with E-state index in [1.54, 1.807) is 0 Å². The molecule has 1 fully saturated rings. The molecule has 3 aromatic rings. The zero-order chi connectivity index (χ0) is 19.5. The zero-order valence-corrected chi connectivity index (χ0v) is 16.7. The second-order valence-corrected chi connectivity index (χ2v) is 7.77.